The molecule has 0 atom stereocenters. The highest BCUT2D eigenvalue weighted by atomic mass is 16.6. The molecule has 0 unspecified atom stereocenters. The van der Waals surface area contributed by atoms with Gasteiger partial charge >= 0.3 is 5.69 Å². The minimum atomic E-state index is -0.581. The van der Waals surface area contributed by atoms with Crippen LogP contribution in [0.3, 0.4) is 0 Å². The van der Waals surface area contributed by atoms with Gasteiger partial charge in [0.2, 0.25) is 0 Å². The number of nitrogens with zero attached hydrogens (tertiary/aromatic N) is 7. The SMILES string of the molecule is Cn1cc(CNC(=O)c2c(NC(=O)c3ccc(Cn4cc([N+](=O)[O-])cn4)o3)cnn2C)cn1. The third-order valence-electron chi connectivity index (χ3n) is 4.65. The first-order valence-electron chi connectivity index (χ1n) is 9.65. The maximum atomic E-state index is 12.7. The van der Waals surface area contributed by atoms with Crippen molar-refractivity contribution in [3.05, 3.63) is 76.0 Å². The van der Waals surface area contributed by atoms with Crippen molar-refractivity contribution < 1.29 is 18.9 Å². The first-order chi connectivity index (χ1) is 15.8. The quantitative estimate of drug-likeness (QED) is 0.295. The summed E-state index contributed by atoms with van der Waals surface area (Å²) in [5, 5.41) is 28.1. The molecule has 4 aromatic rings. The van der Waals surface area contributed by atoms with Gasteiger partial charge in [-0.15, -0.1) is 0 Å². The lowest BCUT2D eigenvalue weighted by atomic mass is 10.3. The second kappa shape index (κ2) is 8.78. The van der Waals surface area contributed by atoms with Gasteiger partial charge in [-0.25, -0.2) is 0 Å². The zero-order valence-electron chi connectivity index (χ0n) is 17.6. The summed E-state index contributed by atoms with van der Waals surface area (Å²) >= 11 is 0. The van der Waals surface area contributed by atoms with Crippen LogP contribution in [0.25, 0.3) is 0 Å². The van der Waals surface area contributed by atoms with Crippen molar-refractivity contribution in [3.8, 4) is 0 Å². The van der Waals surface area contributed by atoms with Crippen molar-refractivity contribution in [2.45, 2.75) is 13.1 Å². The van der Waals surface area contributed by atoms with E-state index in [1.54, 1.807) is 37.2 Å². The summed E-state index contributed by atoms with van der Waals surface area (Å²) in [4.78, 5) is 35.5. The van der Waals surface area contributed by atoms with E-state index >= 15 is 0 Å². The lowest BCUT2D eigenvalue weighted by Crippen LogP contribution is -2.26. The molecular formula is C19H19N9O5. The normalized spacial score (nSPS) is 10.8. The van der Waals surface area contributed by atoms with Crippen molar-refractivity contribution >= 4 is 23.2 Å². The van der Waals surface area contributed by atoms with E-state index in [-0.39, 0.29) is 35.9 Å². The highest BCUT2D eigenvalue weighted by Crippen LogP contribution is 2.18. The number of hydrogen-bond acceptors (Lipinski definition) is 8. The van der Waals surface area contributed by atoms with Gasteiger partial charge in [0, 0.05) is 32.4 Å². The first-order valence-corrected chi connectivity index (χ1v) is 9.65. The van der Waals surface area contributed by atoms with Gasteiger partial charge in [0.25, 0.3) is 11.8 Å². The molecule has 4 heterocycles. The fourth-order valence-electron chi connectivity index (χ4n) is 3.09. The minimum absolute atomic E-state index is 0.00257. The van der Waals surface area contributed by atoms with Gasteiger partial charge in [0.05, 0.1) is 29.5 Å². The molecule has 0 bridgehead atoms. The summed E-state index contributed by atoms with van der Waals surface area (Å²) in [5.41, 5.74) is 1.06. The van der Waals surface area contributed by atoms with E-state index in [4.69, 9.17) is 4.42 Å². The average Bonchev–Trinajstić information content (AvgIpc) is 3.55. The molecule has 4 aromatic heterocycles. The second-order valence-corrected chi connectivity index (χ2v) is 7.11. The topological polar surface area (TPSA) is 168 Å². The third-order valence-corrected chi connectivity index (χ3v) is 4.65. The van der Waals surface area contributed by atoms with E-state index in [0.29, 0.717) is 5.76 Å². The van der Waals surface area contributed by atoms with Crippen LogP contribution >= 0.6 is 0 Å². The molecule has 0 spiro atoms. The summed E-state index contributed by atoms with van der Waals surface area (Å²) in [6.45, 7) is 0.369. The standard InChI is InChI=1S/C19H19N9O5/c1-25-9-12(6-21-25)5-20-19(30)17-15(8-22-26(17)2)24-18(29)16-4-3-14(33-16)11-27-10-13(7-23-27)28(31)32/h3-4,6-10H,5,11H2,1-2H3,(H,20,30)(H,24,29). The van der Waals surface area contributed by atoms with Gasteiger partial charge in [-0.2, -0.15) is 15.3 Å². The Morgan fingerprint density at radius 2 is 1.91 bits per heavy atom. The Labute approximate surface area is 185 Å². The van der Waals surface area contributed by atoms with Crippen LogP contribution in [-0.4, -0.2) is 46.1 Å². The van der Waals surface area contributed by atoms with Crippen LogP contribution in [0, 0.1) is 10.1 Å². The van der Waals surface area contributed by atoms with Gasteiger partial charge in [0.15, 0.2) is 5.76 Å². The Morgan fingerprint density at radius 3 is 2.61 bits per heavy atom. The van der Waals surface area contributed by atoms with Gasteiger partial charge in [-0.1, -0.05) is 0 Å². The maximum Gasteiger partial charge on any atom is 0.307 e. The maximum absolute atomic E-state index is 12.7. The number of nitrogens with one attached hydrogen (secondary N) is 2. The monoisotopic (exact) mass is 453 g/mol. The summed E-state index contributed by atoms with van der Waals surface area (Å²) in [5.74, 6) is -0.632. The Balaban J connectivity index is 1.41. The smallest absolute Gasteiger partial charge is 0.307 e. The fourth-order valence-corrected chi connectivity index (χ4v) is 3.09. The zero-order valence-corrected chi connectivity index (χ0v) is 17.6. The summed E-state index contributed by atoms with van der Waals surface area (Å²) < 4.78 is 9.83. The van der Waals surface area contributed by atoms with E-state index in [9.17, 15) is 19.7 Å². The third kappa shape index (κ3) is 4.79. The number of carbonyl (C=O) groups is 2. The number of aromatic nitrogens is 6. The van der Waals surface area contributed by atoms with Gasteiger partial charge in [-0.05, 0) is 12.1 Å². The van der Waals surface area contributed by atoms with Crippen molar-refractivity contribution in [1.82, 2.24) is 34.7 Å². The fraction of sp³-hybridized carbons (Fsp3) is 0.211. The number of carbonyl (C=O) groups excluding carboxylic acids is 2. The molecule has 0 aliphatic carbocycles. The number of rotatable bonds is 8. The molecule has 0 radical (unpaired) electrons. The first kappa shape index (κ1) is 21.5. The van der Waals surface area contributed by atoms with Gasteiger partial charge in [0.1, 0.15) is 23.8 Å². The molecule has 2 amide bonds. The average molecular weight is 453 g/mol. The van der Waals surface area contributed by atoms with E-state index in [1.165, 1.54) is 27.8 Å². The molecule has 2 N–H and O–H groups in total. The predicted molar refractivity (Wildman–Crippen MR) is 112 cm³/mol. The van der Waals surface area contributed by atoms with Crippen molar-refractivity contribution in [3.63, 3.8) is 0 Å². The second-order valence-electron chi connectivity index (χ2n) is 7.11. The lowest BCUT2D eigenvalue weighted by Gasteiger charge is -2.08. The molecule has 0 fully saturated rings. The highest BCUT2D eigenvalue weighted by molar-refractivity contribution is 6.07. The Kier molecular flexibility index (Phi) is 5.71. The van der Waals surface area contributed by atoms with E-state index < -0.39 is 16.7 Å². The molecule has 170 valence electrons. The number of hydrogen-bond donors (Lipinski definition) is 2. The molecule has 0 aliphatic rings. The molecule has 0 aliphatic heterocycles. The molecule has 33 heavy (non-hydrogen) atoms. The highest BCUT2D eigenvalue weighted by Gasteiger charge is 2.21. The number of amides is 2. The van der Waals surface area contributed by atoms with Crippen LogP contribution in [0.1, 0.15) is 32.4 Å². The van der Waals surface area contributed by atoms with Crippen LogP contribution in [0.4, 0.5) is 11.4 Å². The van der Waals surface area contributed by atoms with Crippen molar-refractivity contribution in [1.29, 1.82) is 0 Å². The molecule has 14 heteroatoms. The van der Waals surface area contributed by atoms with E-state index in [0.717, 1.165) is 11.8 Å². The minimum Gasteiger partial charge on any atom is -0.454 e. The molecule has 0 saturated carbocycles. The predicted octanol–water partition coefficient (Wildman–Crippen LogP) is 1.08. The van der Waals surface area contributed by atoms with E-state index in [1.807, 2.05) is 0 Å². The lowest BCUT2D eigenvalue weighted by molar-refractivity contribution is -0.385. The largest absolute Gasteiger partial charge is 0.454 e. The Bertz CT molecular complexity index is 1330. The number of anilines is 1. The molecular weight excluding hydrogens is 434 g/mol. The van der Waals surface area contributed by atoms with Crippen LogP contribution in [-0.2, 0) is 27.2 Å². The molecule has 0 saturated heterocycles. The Hall–Kier alpha value is -4.75. The molecule has 0 aromatic carbocycles. The zero-order chi connectivity index (χ0) is 23.5. The molecule has 4 rings (SSSR count). The summed E-state index contributed by atoms with van der Waals surface area (Å²) in [6.07, 6.45) is 7.17. The number of aryl methyl sites for hydroxylation is 2. The number of furan rings is 1. The van der Waals surface area contributed by atoms with Crippen molar-refractivity contribution in [2.75, 3.05) is 5.32 Å². The van der Waals surface area contributed by atoms with Crippen LogP contribution in [0.5, 0.6) is 0 Å². The summed E-state index contributed by atoms with van der Waals surface area (Å²) in [7, 11) is 3.36. The summed E-state index contributed by atoms with van der Waals surface area (Å²) in [6, 6.07) is 3.02. The van der Waals surface area contributed by atoms with E-state index in [2.05, 4.69) is 25.9 Å². The van der Waals surface area contributed by atoms with Crippen LogP contribution < -0.4 is 10.6 Å². The Morgan fingerprint density at radius 1 is 1.09 bits per heavy atom. The van der Waals surface area contributed by atoms with Gasteiger partial charge in [-0.3, -0.25) is 33.7 Å². The van der Waals surface area contributed by atoms with Crippen LogP contribution in [0.2, 0.25) is 0 Å². The van der Waals surface area contributed by atoms with Crippen LogP contribution in [0.15, 0.2) is 47.5 Å². The molecule has 14 nitrogen and oxygen atoms in total. The van der Waals surface area contributed by atoms with Crippen molar-refractivity contribution in [2.24, 2.45) is 14.1 Å². The van der Waals surface area contributed by atoms with Gasteiger partial charge < -0.3 is 15.1 Å². The number of nitro groups is 1.